The number of nitrogens with zero attached hydrogens (tertiary/aromatic N) is 2. The van der Waals surface area contributed by atoms with Gasteiger partial charge in [0.25, 0.3) is 0 Å². The first-order valence-corrected chi connectivity index (χ1v) is 29.9. The van der Waals surface area contributed by atoms with Gasteiger partial charge in [-0.25, -0.2) is 16.8 Å². The van der Waals surface area contributed by atoms with E-state index in [-0.39, 0.29) is 21.3 Å². The molecule has 8 rings (SSSR count). The van der Waals surface area contributed by atoms with Gasteiger partial charge in [0.1, 0.15) is 0 Å². The van der Waals surface area contributed by atoms with Gasteiger partial charge in [0.2, 0.25) is 0 Å². The molecule has 0 saturated heterocycles. The van der Waals surface area contributed by atoms with Gasteiger partial charge in [-0.1, -0.05) is 175 Å². The Labute approximate surface area is 425 Å². The summed E-state index contributed by atoms with van der Waals surface area (Å²) in [5.41, 5.74) is 7.72. The van der Waals surface area contributed by atoms with Crippen molar-refractivity contribution < 1.29 is 16.8 Å². The van der Waals surface area contributed by atoms with E-state index in [4.69, 9.17) is 0 Å². The first-order valence-electron chi connectivity index (χ1n) is 24.9. The third kappa shape index (κ3) is 12.6. The highest BCUT2D eigenvalue weighted by Gasteiger charge is 2.31. The molecule has 6 aromatic carbocycles. The van der Waals surface area contributed by atoms with Crippen LogP contribution in [0.4, 0.5) is 34.1 Å². The van der Waals surface area contributed by atoms with Crippen LogP contribution in [-0.4, -0.2) is 28.3 Å². The molecular weight excluding hydrogens is 941 g/mol. The summed E-state index contributed by atoms with van der Waals surface area (Å²) in [7, 11) is -7.64. The molecule has 0 atom stereocenters. The van der Waals surface area contributed by atoms with Gasteiger partial charge in [0.05, 0.1) is 31.1 Å². The fraction of sp³-hybridized carbons (Fsp3) is 0.267. The molecule has 2 heterocycles. The number of para-hydroxylation sites is 4. The predicted molar refractivity (Wildman–Crippen MR) is 299 cm³/mol. The van der Waals surface area contributed by atoms with Gasteiger partial charge in [0.15, 0.2) is 19.7 Å². The monoisotopic (exact) mass is 1000 g/mol. The molecule has 362 valence electrons. The van der Waals surface area contributed by atoms with E-state index in [1.54, 1.807) is 12.1 Å². The molecule has 0 radical (unpaired) electrons. The quantitative estimate of drug-likeness (QED) is 0.0531. The topological polar surface area (TPSA) is 74.8 Å². The van der Waals surface area contributed by atoms with Gasteiger partial charge in [-0.05, 0) is 109 Å². The summed E-state index contributed by atoms with van der Waals surface area (Å²) in [6.45, 7) is 4.35. The van der Waals surface area contributed by atoms with Crippen LogP contribution in [0.1, 0.15) is 90.9 Å². The van der Waals surface area contributed by atoms with Gasteiger partial charge in [-0.3, -0.25) is 0 Å². The van der Waals surface area contributed by atoms with Crippen molar-refractivity contribution in [2.75, 3.05) is 21.3 Å². The molecule has 0 fully saturated rings. The Balaban J connectivity index is 1.21. The van der Waals surface area contributed by atoms with Crippen molar-refractivity contribution in [2.45, 2.75) is 101 Å². The first-order chi connectivity index (χ1) is 34.2. The second-order valence-corrected chi connectivity index (χ2v) is 24.1. The number of benzene rings is 6. The molecule has 6 nitrogen and oxygen atoms in total. The number of sulfone groups is 2. The molecular formula is C60H64N2O4S4. The lowest BCUT2D eigenvalue weighted by Crippen LogP contribution is -2.09. The highest BCUT2D eigenvalue weighted by Crippen LogP contribution is 2.50. The predicted octanol–water partition coefficient (Wildman–Crippen LogP) is 18.0. The minimum Gasteiger partial charge on any atom is -0.311 e. The van der Waals surface area contributed by atoms with Gasteiger partial charge < -0.3 is 9.80 Å². The van der Waals surface area contributed by atoms with E-state index in [2.05, 4.69) is 96.4 Å². The van der Waals surface area contributed by atoms with Crippen LogP contribution in [0, 0.1) is 0 Å². The van der Waals surface area contributed by atoms with Crippen LogP contribution < -0.4 is 9.80 Å². The molecule has 0 bridgehead atoms. The van der Waals surface area contributed by atoms with Crippen LogP contribution in [0.3, 0.4) is 0 Å². The van der Waals surface area contributed by atoms with Crippen molar-refractivity contribution in [2.24, 2.45) is 0 Å². The maximum atomic E-state index is 14.7. The van der Waals surface area contributed by atoms with Gasteiger partial charge in [-0.15, -0.1) is 22.7 Å². The van der Waals surface area contributed by atoms with Crippen LogP contribution in [0.2, 0.25) is 0 Å². The van der Waals surface area contributed by atoms with E-state index in [1.165, 1.54) is 22.7 Å². The van der Waals surface area contributed by atoms with Crippen molar-refractivity contribution in [3.05, 3.63) is 182 Å². The van der Waals surface area contributed by atoms with Gasteiger partial charge in [0, 0.05) is 43.9 Å². The number of thiophene rings is 2. The molecule has 0 saturated carbocycles. The van der Waals surface area contributed by atoms with Crippen LogP contribution in [0.15, 0.2) is 192 Å². The Morgan fingerprint density at radius 2 is 0.614 bits per heavy atom. The average molecular weight is 1010 g/mol. The molecule has 0 N–H and O–H groups in total. The summed E-state index contributed by atoms with van der Waals surface area (Å²) in [4.78, 5) is 7.35. The Morgan fingerprint density at radius 1 is 0.343 bits per heavy atom. The lowest BCUT2D eigenvalue weighted by molar-refractivity contribution is 0.582. The zero-order valence-electron chi connectivity index (χ0n) is 40.4. The lowest BCUT2D eigenvalue weighted by Gasteiger charge is -2.25. The lowest BCUT2D eigenvalue weighted by atomic mass is 10.1. The molecule has 0 amide bonds. The van der Waals surface area contributed by atoms with Crippen molar-refractivity contribution in [1.82, 2.24) is 0 Å². The van der Waals surface area contributed by atoms with Crippen LogP contribution in [-0.2, 0) is 19.7 Å². The van der Waals surface area contributed by atoms with Gasteiger partial charge in [-0.2, -0.15) is 0 Å². The second kappa shape index (κ2) is 24.4. The normalized spacial score (nSPS) is 11.7. The summed E-state index contributed by atoms with van der Waals surface area (Å²) in [5.74, 6) is 0.00638. The number of hydrogen-bond acceptors (Lipinski definition) is 8. The Morgan fingerprint density at radius 3 is 0.914 bits per heavy atom. The molecule has 8 aromatic rings. The standard InChI is InChI=1S/C60H64N2O4S4/c1-3-5-7-9-11-25-43-69(63,64)57-45-55(47-35-39-53(40-36-47)61(49-27-17-13-18-28-49)50-29-19-14-20-30-50)67-59(57)60-58(70(65,66)44-26-12-10-8-6-4-2)46-56(68-60)48-37-41-54(42-38-48)62(51-31-21-15-22-32-51)52-33-23-16-24-34-52/h13-24,27-42,45-46H,3-12,25-26,43-44H2,1-2H3. The van der Waals surface area contributed by atoms with E-state index < -0.39 is 19.7 Å². The smallest absolute Gasteiger partial charge is 0.179 e. The molecule has 2 aromatic heterocycles. The highest BCUT2D eigenvalue weighted by molar-refractivity contribution is 7.92. The van der Waals surface area contributed by atoms with E-state index in [9.17, 15) is 16.8 Å². The van der Waals surface area contributed by atoms with Crippen molar-refractivity contribution in [3.63, 3.8) is 0 Å². The van der Waals surface area contributed by atoms with E-state index in [0.717, 1.165) is 119 Å². The van der Waals surface area contributed by atoms with E-state index in [0.29, 0.717) is 22.6 Å². The second-order valence-electron chi connectivity index (χ2n) is 17.9. The fourth-order valence-electron chi connectivity index (χ4n) is 8.93. The SMILES string of the molecule is CCCCCCCCS(=O)(=O)c1cc(-c2ccc(N(c3ccccc3)c3ccccc3)cc2)sc1-c1sc(-c2ccc(N(c3ccccc3)c3ccccc3)cc2)cc1S(=O)(=O)CCCCCCCC. The zero-order valence-corrected chi connectivity index (χ0v) is 43.6. The first kappa shape index (κ1) is 50.6. The zero-order chi connectivity index (χ0) is 48.8. The third-order valence-electron chi connectivity index (χ3n) is 12.7. The summed E-state index contributed by atoms with van der Waals surface area (Å²) in [6.07, 6.45) is 11.4. The average Bonchev–Trinajstić information content (AvgIpc) is 4.06. The maximum absolute atomic E-state index is 14.7. The van der Waals surface area contributed by atoms with Crippen LogP contribution in [0.25, 0.3) is 30.6 Å². The largest absolute Gasteiger partial charge is 0.311 e. The fourth-order valence-corrected chi connectivity index (χ4v) is 15.5. The van der Waals surface area contributed by atoms with Crippen molar-refractivity contribution in [1.29, 1.82) is 0 Å². The summed E-state index contributed by atoms with van der Waals surface area (Å²) < 4.78 is 59.0. The number of anilines is 6. The summed E-state index contributed by atoms with van der Waals surface area (Å²) in [5, 5.41) is 0. The van der Waals surface area contributed by atoms with E-state index in [1.807, 2.05) is 97.1 Å². The Kier molecular flexibility index (Phi) is 17.6. The third-order valence-corrected chi connectivity index (χ3v) is 19.1. The van der Waals surface area contributed by atoms with Crippen molar-refractivity contribution in [3.8, 4) is 30.6 Å². The Bertz CT molecular complexity index is 2790. The maximum Gasteiger partial charge on any atom is 0.179 e. The number of hydrogen-bond donors (Lipinski definition) is 0. The highest BCUT2D eigenvalue weighted by atomic mass is 32.2. The van der Waals surface area contributed by atoms with E-state index >= 15 is 0 Å². The minimum atomic E-state index is -3.82. The molecule has 70 heavy (non-hydrogen) atoms. The molecule has 0 aliphatic rings. The molecule has 0 unspecified atom stereocenters. The Hall–Kier alpha value is -5.78. The van der Waals surface area contributed by atoms with Crippen LogP contribution in [0.5, 0.6) is 0 Å². The van der Waals surface area contributed by atoms with Gasteiger partial charge >= 0.3 is 0 Å². The minimum absolute atomic E-state index is 0.00319. The molecule has 0 spiro atoms. The van der Waals surface area contributed by atoms with Crippen molar-refractivity contribution >= 4 is 76.5 Å². The molecule has 0 aliphatic heterocycles. The summed E-state index contributed by atoms with van der Waals surface area (Å²) >= 11 is 2.75. The molecule has 10 heteroatoms. The summed E-state index contributed by atoms with van der Waals surface area (Å²) in [6, 6.07) is 60.9. The molecule has 0 aliphatic carbocycles. The van der Waals surface area contributed by atoms with Crippen LogP contribution >= 0.6 is 22.7 Å². The number of rotatable bonds is 25. The number of unbranched alkanes of at least 4 members (excludes halogenated alkanes) is 10.